The van der Waals surface area contributed by atoms with E-state index in [-0.39, 0.29) is 12.5 Å². The molecular weight excluding hydrogens is 274 g/mol. The molecule has 0 unspecified atom stereocenters. The van der Waals surface area contributed by atoms with E-state index in [2.05, 4.69) is 4.90 Å². The van der Waals surface area contributed by atoms with Crippen LogP contribution >= 0.6 is 0 Å². The maximum Gasteiger partial charge on any atom is 0.317 e. The molecule has 0 radical (unpaired) electrons. The second kappa shape index (κ2) is 7.24. The van der Waals surface area contributed by atoms with Crippen molar-refractivity contribution < 1.29 is 19.1 Å². The monoisotopic (exact) mass is 295 g/mol. The van der Waals surface area contributed by atoms with Gasteiger partial charge in [-0.1, -0.05) is 0 Å². The quantitative estimate of drug-likeness (QED) is 0.792. The van der Waals surface area contributed by atoms with Crippen LogP contribution in [0.25, 0.3) is 0 Å². The zero-order chi connectivity index (χ0) is 15.2. The van der Waals surface area contributed by atoms with Crippen molar-refractivity contribution in [3.63, 3.8) is 0 Å². The predicted octanol–water partition coefficient (Wildman–Crippen LogP) is -0.0598. The van der Waals surface area contributed by atoms with E-state index in [9.17, 15) is 9.59 Å². The lowest BCUT2D eigenvalue weighted by molar-refractivity contribution is -0.139. The van der Waals surface area contributed by atoms with Crippen LogP contribution in [-0.4, -0.2) is 78.0 Å². The van der Waals surface area contributed by atoms with Crippen LogP contribution < -0.4 is 0 Å². The summed E-state index contributed by atoms with van der Waals surface area (Å²) < 4.78 is 5.23. The van der Waals surface area contributed by atoms with Gasteiger partial charge in [-0.2, -0.15) is 0 Å². The first-order chi connectivity index (χ1) is 10.0. The van der Waals surface area contributed by atoms with Crippen LogP contribution in [0.1, 0.15) is 5.76 Å². The minimum atomic E-state index is -0.808. The summed E-state index contributed by atoms with van der Waals surface area (Å²) in [5, 5.41) is 8.75. The van der Waals surface area contributed by atoms with Gasteiger partial charge in [0.15, 0.2) is 0 Å². The van der Waals surface area contributed by atoms with Crippen LogP contribution in [0.5, 0.6) is 0 Å². The number of carboxylic acid groups (broad SMARTS) is 1. The SMILES string of the molecule is CN(Cc1ccco1)C(=O)CN1CCN(CC(=O)O)CC1. The molecule has 0 aromatic carbocycles. The number of hydrogen-bond donors (Lipinski definition) is 1. The van der Waals surface area contributed by atoms with E-state index in [1.165, 1.54) is 0 Å². The Labute approximate surface area is 123 Å². The molecule has 1 aromatic rings. The first kappa shape index (κ1) is 15.5. The molecule has 1 fully saturated rings. The molecule has 1 N–H and O–H groups in total. The molecule has 1 aromatic heterocycles. The smallest absolute Gasteiger partial charge is 0.317 e. The Morgan fingerprint density at radius 3 is 2.38 bits per heavy atom. The number of rotatable bonds is 6. The maximum absolute atomic E-state index is 12.1. The summed E-state index contributed by atoms with van der Waals surface area (Å²) in [6.07, 6.45) is 1.59. The fourth-order valence-corrected chi connectivity index (χ4v) is 2.33. The number of carboxylic acids is 1. The van der Waals surface area contributed by atoms with Gasteiger partial charge in [-0.3, -0.25) is 19.4 Å². The van der Waals surface area contributed by atoms with Crippen molar-refractivity contribution in [2.75, 3.05) is 46.3 Å². The Morgan fingerprint density at radius 1 is 1.24 bits per heavy atom. The van der Waals surface area contributed by atoms with E-state index in [0.29, 0.717) is 39.3 Å². The molecule has 1 saturated heterocycles. The minimum absolute atomic E-state index is 0.0399. The van der Waals surface area contributed by atoms with Crippen LogP contribution in [0.4, 0.5) is 0 Å². The average Bonchev–Trinajstić information content (AvgIpc) is 2.93. The topological polar surface area (TPSA) is 77.2 Å². The summed E-state index contributed by atoms with van der Waals surface area (Å²) in [6, 6.07) is 3.64. The van der Waals surface area contributed by atoms with Crippen LogP contribution in [-0.2, 0) is 16.1 Å². The lowest BCUT2D eigenvalue weighted by Crippen LogP contribution is -2.50. The van der Waals surface area contributed by atoms with E-state index in [1.54, 1.807) is 24.3 Å². The van der Waals surface area contributed by atoms with E-state index >= 15 is 0 Å². The van der Waals surface area contributed by atoms with Crippen molar-refractivity contribution >= 4 is 11.9 Å². The van der Waals surface area contributed by atoms with E-state index in [4.69, 9.17) is 9.52 Å². The molecule has 7 nitrogen and oxygen atoms in total. The van der Waals surface area contributed by atoms with Crippen molar-refractivity contribution in [3.05, 3.63) is 24.2 Å². The van der Waals surface area contributed by atoms with Crippen molar-refractivity contribution in [1.29, 1.82) is 0 Å². The van der Waals surface area contributed by atoms with Gasteiger partial charge in [0.05, 0.1) is 25.9 Å². The van der Waals surface area contributed by atoms with Gasteiger partial charge in [0.25, 0.3) is 0 Å². The number of piperazine rings is 1. The zero-order valence-corrected chi connectivity index (χ0v) is 12.2. The fraction of sp³-hybridized carbons (Fsp3) is 0.571. The molecule has 0 saturated carbocycles. The van der Waals surface area contributed by atoms with Gasteiger partial charge in [-0.05, 0) is 12.1 Å². The molecule has 2 heterocycles. The van der Waals surface area contributed by atoms with Gasteiger partial charge in [-0.25, -0.2) is 0 Å². The molecule has 2 rings (SSSR count). The van der Waals surface area contributed by atoms with Gasteiger partial charge >= 0.3 is 5.97 Å². The number of furan rings is 1. The summed E-state index contributed by atoms with van der Waals surface area (Å²) >= 11 is 0. The van der Waals surface area contributed by atoms with Gasteiger partial charge < -0.3 is 14.4 Å². The summed E-state index contributed by atoms with van der Waals surface area (Å²) in [5.41, 5.74) is 0. The molecule has 116 valence electrons. The van der Waals surface area contributed by atoms with Gasteiger partial charge in [0, 0.05) is 33.2 Å². The molecule has 1 aliphatic heterocycles. The molecule has 7 heteroatoms. The Balaban J connectivity index is 1.72. The molecule has 0 atom stereocenters. The summed E-state index contributed by atoms with van der Waals surface area (Å²) in [6.45, 7) is 3.69. The van der Waals surface area contributed by atoms with Crippen molar-refractivity contribution in [1.82, 2.24) is 14.7 Å². The fourth-order valence-electron chi connectivity index (χ4n) is 2.33. The Kier molecular flexibility index (Phi) is 5.35. The standard InChI is InChI=1S/C14H21N3O4/c1-15(9-12-3-2-8-21-12)13(18)10-16-4-6-17(7-5-16)11-14(19)20/h2-3,8H,4-7,9-11H2,1H3,(H,19,20). The van der Waals surface area contributed by atoms with Crippen molar-refractivity contribution in [3.8, 4) is 0 Å². The zero-order valence-electron chi connectivity index (χ0n) is 12.2. The second-order valence-corrected chi connectivity index (χ2v) is 5.28. The Bertz CT molecular complexity index is 467. The average molecular weight is 295 g/mol. The molecule has 0 bridgehead atoms. The lowest BCUT2D eigenvalue weighted by Gasteiger charge is -2.34. The summed E-state index contributed by atoms with van der Waals surface area (Å²) in [5.74, 6) is -0.00656. The van der Waals surface area contributed by atoms with Crippen LogP contribution in [0.15, 0.2) is 22.8 Å². The van der Waals surface area contributed by atoms with E-state index in [1.807, 2.05) is 11.0 Å². The molecule has 1 aliphatic rings. The Hall–Kier alpha value is -1.86. The van der Waals surface area contributed by atoms with Crippen LogP contribution in [0.2, 0.25) is 0 Å². The molecule has 1 amide bonds. The number of hydrogen-bond acceptors (Lipinski definition) is 5. The maximum atomic E-state index is 12.1. The summed E-state index contributed by atoms with van der Waals surface area (Å²) in [4.78, 5) is 28.4. The number of nitrogens with zero attached hydrogens (tertiary/aromatic N) is 3. The molecular formula is C14H21N3O4. The van der Waals surface area contributed by atoms with E-state index < -0.39 is 5.97 Å². The number of aliphatic carboxylic acids is 1. The third kappa shape index (κ3) is 4.87. The number of likely N-dealkylation sites (N-methyl/N-ethyl adjacent to an activating group) is 1. The molecule has 0 aliphatic carbocycles. The third-order valence-corrected chi connectivity index (χ3v) is 3.58. The first-order valence-corrected chi connectivity index (χ1v) is 6.97. The normalized spacial score (nSPS) is 16.8. The minimum Gasteiger partial charge on any atom is -0.480 e. The lowest BCUT2D eigenvalue weighted by atomic mass is 10.3. The van der Waals surface area contributed by atoms with Crippen LogP contribution in [0.3, 0.4) is 0 Å². The highest BCUT2D eigenvalue weighted by atomic mass is 16.4. The van der Waals surface area contributed by atoms with Gasteiger partial charge in [0.2, 0.25) is 5.91 Å². The summed E-state index contributed by atoms with van der Waals surface area (Å²) in [7, 11) is 1.76. The highest BCUT2D eigenvalue weighted by Gasteiger charge is 2.21. The van der Waals surface area contributed by atoms with E-state index in [0.717, 1.165) is 5.76 Å². The van der Waals surface area contributed by atoms with Gasteiger partial charge in [0.1, 0.15) is 5.76 Å². The second-order valence-electron chi connectivity index (χ2n) is 5.28. The predicted molar refractivity (Wildman–Crippen MR) is 75.7 cm³/mol. The number of carbonyl (C=O) groups is 2. The van der Waals surface area contributed by atoms with Crippen molar-refractivity contribution in [2.24, 2.45) is 0 Å². The van der Waals surface area contributed by atoms with Crippen LogP contribution in [0, 0.1) is 0 Å². The van der Waals surface area contributed by atoms with Gasteiger partial charge in [-0.15, -0.1) is 0 Å². The van der Waals surface area contributed by atoms with Crippen molar-refractivity contribution in [2.45, 2.75) is 6.54 Å². The highest BCUT2D eigenvalue weighted by Crippen LogP contribution is 2.06. The number of carbonyl (C=O) groups excluding carboxylic acids is 1. The largest absolute Gasteiger partial charge is 0.480 e. The third-order valence-electron chi connectivity index (χ3n) is 3.58. The highest BCUT2D eigenvalue weighted by molar-refractivity contribution is 5.78. The molecule has 21 heavy (non-hydrogen) atoms. The number of amides is 1. The molecule has 0 spiro atoms. The first-order valence-electron chi connectivity index (χ1n) is 6.97. The Morgan fingerprint density at radius 2 is 1.86 bits per heavy atom.